The van der Waals surface area contributed by atoms with Gasteiger partial charge in [0.2, 0.25) is 0 Å². The second kappa shape index (κ2) is 3.59. The third kappa shape index (κ3) is 2.14. The summed E-state index contributed by atoms with van der Waals surface area (Å²) in [5.74, 6) is 0.754. The van der Waals surface area contributed by atoms with Gasteiger partial charge in [0.25, 0.3) is 0 Å². The van der Waals surface area contributed by atoms with Gasteiger partial charge in [0.05, 0.1) is 0 Å². The van der Waals surface area contributed by atoms with Crippen molar-refractivity contribution < 1.29 is 0 Å². The van der Waals surface area contributed by atoms with Crippen molar-refractivity contribution in [2.45, 2.75) is 38.1 Å². The zero-order valence-corrected chi connectivity index (χ0v) is 7.49. The van der Waals surface area contributed by atoms with Gasteiger partial charge in [-0.1, -0.05) is 13.8 Å². The first kappa shape index (κ1) is 8.35. The zero-order chi connectivity index (χ0) is 7.56. The molecule has 10 heavy (non-hydrogen) atoms. The molecule has 0 spiro atoms. The first-order chi connectivity index (χ1) is 4.70. The monoisotopic (exact) mass is 161 g/mol. The largest absolute Gasteiger partial charge is 0.312 e. The summed E-state index contributed by atoms with van der Waals surface area (Å²) in [6.07, 6.45) is 2.42. The number of alkyl halides is 1. The van der Waals surface area contributed by atoms with Crippen molar-refractivity contribution >= 4 is 11.6 Å². The van der Waals surface area contributed by atoms with Crippen LogP contribution in [-0.4, -0.2) is 18.0 Å². The van der Waals surface area contributed by atoms with Crippen LogP contribution < -0.4 is 5.32 Å². The van der Waals surface area contributed by atoms with Gasteiger partial charge in [0, 0.05) is 18.0 Å². The molecule has 1 aliphatic rings. The Kier molecular flexibility index (Phi) is 2.99. The Morgan fingerprint density at radius 3 is 2.50 bits per heavy atom. The zero-order valence-electron chi connectivity index (χ0n) is 6.73. The molecule has 2 heteroatoms. The van der Waals surface area contributed by atoms with Gasteiger partial charge in [-0.25, -0.2) is 0 Å². The van der Waals surface area contributed by atoms with Crippen molar-refractivity contribution in [3.63, 3.8) is 0 Å². The summed E-state index contributed by atoms with van der Waals surface area (Å²) in [4.78, 5) is 0. The molecule has 2 unspecified atom stereocenters. The quantitative estimate of drug-likeness (QED) is 0.581. The van der Waals surface area contributed by atoms with Crippen molar-refractivity contribution in [3.05, 3.63) is 0 Å². The molecule has 1 saturated heterocycles. The molecule has 0 aromatic heterocycles. The maximum absolute atomic E-state index is 5.92. The van der Waals surface area contributed by atoms with Crippen molar-refractivity contribution in [2.75, 3.05) is 6.54 Å². The lowest BCUT2D eigenvalue weighted by atomic mass is 9.95. The fourth-order valence-electron chi connectivity index (χ4n) is 1.41. The average molecular weight is 162 g/mol. The van der Waals surface area contributed by atoms with Crippen LogP contribution in [0.5, 0.6) is 0 Å². The van der Waals surface area contributed by atoms with Crippen LogP contribution in [0.3, 0.4) is 0 Å². The van der Waals surface area contributed by atoms with E-state index in [9.17, 15) is 0 Å². The van der Waals surface area contributed by atoms with Crippen LogP contribution >= 0.6 is 11.6 Å². The maximum Gasteiger partial charge on any atom is 0.0461 e. The van der Waals surface area contributed by atoms with E-state index in [-0.39, 0.29) is 0 Å². The Morgan fingerprint density at radius 2 is 2.10 bits per heavy atom. The smallest absolute Gasteiger partial charge is 0.0461 e. The topological polar surface area (TPSA) is 12.0 Å². The van der Waals surface area contributed by atoms with E-state index in [1.54, 1.807) is 0 Å². The molecule has 0 aromatic carbocycles. The minimum absolute atomic E-state index is 0.370. The van der Waals surface area contributed by atoms with Gasteiger partial charge in [-0.3, -0.25) is 0 Å². The highest BCUT2D eigenvalue weighted by atomic mass is 35.5. The summed E-state index contributed by atoms with van der Waals surface area (Å²) in [5.41, 5.74) is 0. The molecule has 0 saturated carbocycles. The summed E-state index contributed by atoms with van der Waals surface area (Å²) in [7, 11) is 0. The fourth-order valence-corrected chi connectivity index (χ4v) is 1.63. The molecule has 0 amide bonds. The number of hydrogen-bond acceptors (Lipinski definition) is 1. The van der Waals surface area contributed by atoms with E-state index in [2.05, 4.69) is 19.2 Å². The molecular formula is C8H16ClN. The Morgan fingerprint density at radius 1 is 1.40 bits per heavy atom. The SMILES string of the molecule is CC(C)C1CCC(Cl)CN1. The van der Waals surface area contributed by atoms with Gasteiger partial charge in [-0.05, 0) is 18.8 Å². The molecule has 2 atom stereocenters. The van der Waals surface area contributed by atoms with Gasteiger partial charge in [0.15, 0.2) is 0 Å². The third-order valence-electron chi connectivity index (χ3n) is 2.20. The van der Waals surface area contributed by atoms with E-state index in [0.29, 0.717) is 11.4 Å². The maximum atomic E-state index is 5.92. The van der Waals surface area contributed by atoms with Gasteiger partial charge in [0.1, 0.15) is 0 Å². The molecule has 1 fully saturated rings. The first-order valence-electron chi connectivity index (χ1n) is 4.07. The van der Waals surface area contributed by atoms with Crippen molar-refractivity contribution in [2.24, 2.45) is 5.92 Å². The van der Waals surface area contributed by atoms with Crippen molar-refractivity contribution in [3.8, 4) is 0 Å². The lowest BCUT2D eigenvalue weighted by Gasteiger charge is -2.29. The molecule has 60 valence electrons. The Balaban J connectivity index is 2.26. The predicted molar refractivity (Wildman–Crippen MR) is 45.5 cm³/mol. The number of rotatable bonds is 1. The van der Waals surface area contributed by atoms with Gasteiger partial charge < -0.3 is 5.32 Å². The third-order valence-corrected chi connectivity index (χ3v) is 2.57. The lowest BCUT2D eigenvalue weighted by molar-refractivity contribution is 0.329. The van der Waals surface area contributed by atoms with Gasteiger partial charge >= 0.3 is 0 Å². The second-order valence-electron chi connectivity index (χ2n) is 3.43. The molecule has 1 aliphatic heterocycles. The highest BCUT2D eigenvalue weighted by molar-refractivity contribution is 6.20. The van der Waals surface area contributed by atoms with Gasteiger partial charge in [-0.2, -0.15) is 0 Å². The van der Waals surface area contributed by atoms with Crippen molar-refractivity contribution in [1.29, 1.82) is 0 Å². The molecule has 0 radical (unpaired) electrons. The minimum atomic E-state index is 0.370. The second-order valence-corrected chi connectivity index (χ2v) is 4.05. The number of piperidine rings is 1. The normalized spacial score (nSPS) is 34.8. The molecule has 1 rings (SSSR count). The van der Waals surface area contributed by atoms with E-state index in [1.807, 2.05) is 0 Å². The summed E-state index contributed by atoms with van der Waals surface area (Å²) in [6, 6.07) is 0.704. The van der Waals surface area contributed by atoms with E-state index in [1.165, 1.54) is 12.8 Å². The summed E-state index contributed by atoms with van der Waals surface area (Å²) in [6.45, 7) is 5.50. The summed E-state index contributed by atoms with van der Waals surface area (Å²) < 4.78 is 0. The van der Waals surface area contributed by atoms with E-state index >= 15 is 0 Å². The van der Waals surface area contributed by atoms with Crippen LogP contribution in [0.1, 0.15) is 26.7 Å². The molecule has 1 heterocycles. The highest BCUT2D eigenvalue weighted by Crippen LogP contribution is 2.17. The minimum Gasteiger partial charge on any atom is -0.312 e. The predicted octanol–water partition coefficient (Wildman–Crippen LogP) is 2.00. The summed E-state index contributed by atoms with van der Waals surface area (Å²) in [5, 5.41) is 3.81. The van der Waals surface area contributed by atoms with Crippen LogP contribution in [-0.2, 0) is 0 Å². The first-order valence-corrected chi connectivity index (χ1v) is 4.51. The van der Waals surface area contributed by atoms with E-state index in [0.717, 1.165) is 12.5 Å². The molecule has 0 aromatic rings. The lowest BCUT2D eigenvalue weighted by Crippen LogP contribution is -2.42. The molecular weight excluding hydrogens is 146 g/mol. The van der Waals surface area contributed by atoms with Gasteiger partial charge in [-0.15, -0.1) is 11.6 Å². The van der Waals surface area contributed by atoms with Crippen LogP contribution in [0.2, 0.25) is 0 Å². The highest BCUT2D eigenvalue weighted by Gasteiger charge is 2.20. The van der Waals surface area contributed by atoms with Crippen LogP contribution in [0.25, 0.3) is 0 Å². The Labute approximate surface area is 68.1 Å². The molecule has 1 N–H and O–H groups in total. The summed E-state index contributed by atoms with van der Waals surface area (Å²) >= 11 is 5.92. The Hall–Kier alpha value is 0.250. The standard InChI is InChI=1S/C8H16ClN/c1-6(2)8-4-3-7(9)5-10-8/h6-8,10H,3-5H2,1-2H3. The number of hydrogen-bond donors (Lipinski definition) is 1. The van der Waals surface area contributed by atoms with E-state index < -0.39 is 0 Å². The molecule has 0 aliphatic carbocycles. The van der Waals surface area contributed by atoms with Crippen LogP contribution in [0, 0.1) is 5.92 Å². The van der Waals surface area contributed by atoms with E-state index in [4.69, 9.17) is 11.6 Å². The number of halogens is 1. The van der Waals surface area contributed by atoms with Crippen LogP contribution in [0.15, 0.2) is 0 Å². The number of nitrogens with one attached hydrogen (secondary N) is 1. The van der Waals surface area contributed by atoms with Crippen molar-refractivity contribution in [1.82, 2.24) is 5.32 Å². The average Bonchev–Trinajstić information content (AvgIpc) is 1.88. The molecule has 1 nitrogen and oxygen atoms in total. The fraction of sp³-hybridized carbons (Fsp3) is 1.00. The molecule has 0 bridgehead atoms. The Bertz CT molecular complexity index is 95.4. The van der Waals surface area contributed by atoms with Crippen LogP contribution in [0.4, 0.5) is 0 Å².